The Morgan fingerprint density at radius 3 is 2.42 bits per heavy atom. The van der Waals surface area contributed by atoms with Crippen LogP contribution >= 0.6 is 0 Å². The second-order valence-corrected chi connectivity index (χ2v) is 5.41. The summed E-state index contributed by atoms with van der Waals surface area (Å²) in [5.74, 6) is 7.40. The number of likely N-dealkylation sites (N-methyl/N-ethyl adjacent to an activating group) is 1. The fraction of sp³-hybridized carbons (Fsp3) is 0.692. The van der Waals surface area contributed by atoms with Gasteiger partial charge in [-0.25, -0.2) is 10.8 Å². The lowest BCUT2D eigenvalue weighted by Crippen LogP contribution is -2.43. The second kappa shape index (κ2) is 6.16. The molecule has 0 atom stereocenters. The molecule has 0 saturated carbocycles. The van der Waals surface area contributed by atoms with Gasteiger partial charge < -0.3 is 15.1 Å². The monoisotopic (exact) mass is 267 g/mol. The quantitative estimate of drug-likeness (QED) is 0.598. The minimum absolute atomic E-state index is 0.0694. The third-order valence-electron chi connectivity index (χ3n) is 3.37. The molecule has 0 amide bonds. The van der Waals surface area contributed by atoms with Crippen molar-refractivity contribution in [1.29, 1.82) is 0 Å². The molecule has 0 unspecified atom stereocenters. The molecular formula is C13H25N5O. The first-order chi connectivity index (χ1) is 8.81. The van der Waals surface area contributed by atoms with Gasteiger partial charge in [-0.2, -0.15) is 4.98 Å². The van der Waals surface area contributed by atoms with E-state index in [1.807, 2.05) is 27.9 Å². The lowest BCUT2D eigenvalue weighted by molar-refractivity contribution is 0.110. The van der Waals surface area contributed by atoms with Gasteiger partial charge in [-0.3, -0.25) is 0 Å². The molecule has 0 fully saturated rings. The third kappa shape index (κ3) is 3.78. The van der Waals surface area contributed by atoms with Crippen molar-refractivity contribution in [3.05, 3.63) is 11.4 Å². The number of hydrogen-bond donors (Lipinski definition) is 2. The number of nitrogens with two attached hydrogens (primary N) is 1. The van der Waals surface area contributed by atoms with Crippen molar-refractivity contribution in [2.45, 2.75) is 39.7 Å². The molecule has 1 aromatic heterocycles. The Labute approximate surface area is 115 Å². The number of aromatic nitrogens is 2. The van der Waals surface area contributed by atoms with Crippen LogP contribution in [0.2, 0.25) is 0 Å². The van der Waals surface area contributed by atoms with Gasteiger partial charge in [0, 0.05) is 12.0 Å². The summed E-state index contributed by atoms with van der Waals surface area (Å²) < 4.78 is 5.86. The number of nitrogen functional groups attached to an aromatic ring is 1. The standard InChI is InChI=1S/C13H25N5O/c1-7-10-15-11(17-14)9(2)12(16-10)19-8-13(3,4)18(5)6/h7-8,14H2,1-6H3,(H,15,16,17). The highest BCUT2D eigenvalue weighted by Gasteiger charge is 2.22. The van der Waals surface area contributed by atoms with Crippen molar-refractivity contribution in [2.24, 2.45) is 5.84 Å². The summed E-state index contributed by atoms with van der Waals surface area (Å²) in [5.41, 5.74) is 3.35. The molecule has 0 bridgehead atoms. The van der Waals surface area contributed by atoms with Gasteiger partial charge >= 0.3 is 0 Å². The van der Waals surface area contributed by atoms with Crippen molar-refractivity contribution in [2.75, 3.05) is 26.1 Å². The molecule has 6 nitrogen and oxygen atoms in total. The number of nitrogens with zero attached hydrogens (tertiary/aromatic N) is 3. The summed E-state index contributed by atoms with van der Waals surface area (Å²) in [7, 11) is 4.06. The second-order valence-electron chi connectivity index (χ2n) is 5.41. The van der Waals surface area contributed by atoms with E-state index >= 15 is 0 Å². The molecule has 1 aromatic rings. The normalized spacial score (nSPS) is 11.8. The number of aryl methyl sites for hydroxylation is 1. The zero-order valence-corrected chi connectivity index (χ0v) is 12.7. The van der Waals surface area contributed by atoms with Gasteiger partial charge in [-0.1, -0.05) is 6.92 Å². The van der Waals surface area contributed by atoms with Crippen LogP contribution in [0.3, 0.4) is 0 Å². The van der Waals surface area contributed by atoms with E-state index in [0.717, 1.165) is 17.8 Å². The van der Waals surface area contributed by atoms with Crippen LogP contribution in [0, 0.1) is 6.92 Å². The van der Waals surface area contributed by atoms with Crippen LogP contribution in [0.1, 0.15) is 32.2 Å². The maximum absolute atomic E-state index is 5.86. The summed E-state index contributed by atoms with van der Waals surface area (Å²) in [5, 5.41) is 0. The van der Waals surface area contributed by atoms with Crippen molar-refractivity contribution >= 4 is 5.82 Å². The van der Waals surface area contributed by atoms with Crippen LogP contribution in [0.15, 0.2) is 0 Å². The average Bonchev–Trinajstić information content (AvgIpc) is 2.37. The highest BCUT2D eigenvalue weighted by atomic mass is 16.5. The van der Waals surface area contributed by atoms with Gasteiger partial charge in [0.2, 0.25) is 5.88 Å². The Morgan fingerprint density at radius 1 is 1.32 bits per heavy atom. The van der Waals surface area contributed by atoms with E-state index < -0.39 is 0 Å². The van der Waals surface area contributed by atoms with E-state index in [4.69, 9.17) is 10.6 Å². The van der Waals surface area contributed by atoms with E-state index in [-0.39, 0.29) is 5.54 Å². The maximum Gasteiger partial charge on any atom is 0.221 e. The lowest BCUT2D eigenvalue weighted by Gasteiger charge is -2.32. The van der Waals surface area contributed by atoms with Gasteiger partial charge in [-0.05, 0) is 34.9 Å². The van der Waals surface area contributed by atoms with Gasteiger partial charge in [0.1, 0.15) is 18.2 Å². The van der Waals surface area contributed by atoms with Crippen molar-refractivity contribution in [3.8, 4) is 5.88 Å². The summed E-state index contributed by atoms with van der Waals surface area (Å²) in [6.45, 7) is 8.68. The smallest absolute Gasteiger partial charge is 0.221 e. The number of nitrogens with one attached hydrogen (secondary N) is 1. The van der Waals surface area contributed by atoms with Gasteiger partial charge in [0.25, 0.3) is 0 Å². The van der Waals surface area contributed by atoms with Crippen molar-refractivity contribution < 1.29 is 4.74 Å². The summed E-state index contributed by atoms with van der Waals surface area (Å²) in [6.07, 6.45) is 0.738. The highest BCUT2D eigenvalue weighted by molar-refractivity contribution is 5.47. The van der Waals surface area contributed by atoms with E-state index in [9.17, 15) is 0 Å². The molecule has 19 heavy (non-hydrogen) atoms. The predicted octanol–water partition coefficient (Wildman–Crippen LogP) is 1.35. The van der Waals surface area contributed by atoms with Crippen molar-refractivity contribution in [1.82, 2.24) is 14.9 Å². The van der Waals surface area contributed by atoms with E-state index in [1.54, 1.807) is 0 Å². The fourth-order valence-corrected chi connectivity index (χ4v) is 1.35. The molecule has 0 spiro atoms. The Balaban J connectivity index is 2.94. The molecule has 0 aliphatic heterocycles. The zero-order valence-electron chi connectivity index (χ0n) is 12.7. The minimum atomic E-state index is -0.0694. The topological polar surface area (TPSA) is 76.3 Å². The number of anilines is 1. The number of hydrazine groups is 1. The third-order valence-corrected chi connectivity index (χ3v) is 3.37. The van der Waals surface area contributed by atoms with Crippen LogP contribution < -0.4 is 16.0 Å². The first-order valence-corrected chi connectivity index (χ1v) is 6.46. The van der Waals surface area contributed by atoms with Crippen LogP contribution in [0.4, 0.5) is 5.82 Å². The molecule has 3 N–H and O–H groups in total. The molecule has 0 aliphatic carbocycles. The number of rotatable bonds is 6. The number of ether oxygens (including phenoxy) is 1. The highest BCUT2D eigenvalue weighted by Crippen LogP contribution is 2.23. The molecule has 0 saturated heterocycles. The first-order valence-electron chi connectivity index (χ1n) is 6.46. The van der Waals surface area contributed by atoms with Crippen LogP contribution in [-0.4, -0.2) is 41.1 Å². The van der Waals surface area contributed by atoms with Gasteiger partial charge in [-0.15, -0.1) is 0 Å². The Morgan fingerprint density at radius 2 is 1.95 bits per heavy atom. The SMILES string of the molecule is CCc1nc(NN)c(C)c(OCC(C)(C)N(C)C)n1. The van der Waals surface area contributed by atoms with Gasteiger partial charge in [0.15, 0.2) is 0 Å². The Kier molecular flexibility index (Phi) is 5.08. The number of hydrogen-bond acceptors (Lipinski definition) is 6. The molecule has 1 heterocycles. The predicted molar refractivity (Wildman–Crippen MR) is 77.2 cm³/mol. The van der Waals surface area contributed by atoms with E-state index in [2.05, 4.69) is 34.1 Å². The van der Waals surface area contributed by atoms with Crippen LogP contribution in [0.5, 0.6) is 5.88 Å². The first kappa shape index (κ1) is 15.7. The van der Waals surface area contributed by atoms with E-state index in [0.29, 0.717) is 18.3 Å². The van der Waals surface area contributed by atoms with E-state index in [1.165, 1.54) is 0 Å². The maximum atomic E-state index is 5.86. The van der Waals surface area contributed by atoms with Crippen molar-refractivity contribution in [3.63, 3.8) is 0 Å². The molecule has 108 valence electrons. The van der Waals surface area contributed by atoms with Crippen LogP contribution in [-0.2, 0) is 6.42 Å². The molecule has 1 rings (SSSR count). The summed E-state index contributed by atoms with van der Waals surface area (Å²) in [4.78, 5) is 10.8. The summed E-state index contributed by atoms with van der Waals surface area (Å²) >= 11 is 0. The zero-order chi connectivity index (χ0) is 14.6. The largest absolute Gasteiger partial charge is 0.475 e. The Bertz CT molecular complexity index is 431. The Hall–Kier alpha value is -1.40. The molecule has 6 heteroatoms. The van der Waals surface area contributed by atoms with Gasteiger partial charge in [0.05, 0.1) is 5.56 Å². The molecule has 0 aromatic carbocycles. The average molecular weight is 267 g/mol. The van der Waals surface area contributed by atoms with Crippen LogP contribution in [0.25, 0.3) is 0 Å². The molecule has 0 radical (unpaired) electrons. The molecule has 0 aliphatic rings. The molecular weight excluding hydrogens is 242 g/mol. The minimum Gasteiger partial charge on any atom is -0.475 e. The fourth-order valence-electron chi connectivity index (χ4n) is 1.35. The summed E-state index contributed by atoms with van der Waals surface area (Å²) in [6, 6.07) is 0. The lowest BCUT2D eigenvalue weighted by atomic mass is 10.1.